The van der Waals surface area contributed by atoms with Gasteiger partial charge in [0, 0.05) is 39.6 Å². The zero-order valence-corrected chi connectivity index (χ0v) is 15.8. The Morgan fingerprint density at radius 1 is 1.00 bits per heavy atom. The Kier molecular flexibility index (Phi) is 6.53. The number of aryl methyl sites for hydroxylation is 1. The molecule has 5 nitrogen and oxygen atoms in total. The molecule has 1 unspecified atom stereocenters. The number of nitrogens with zero attached hydrogens (tertiary/aromatic N) is 2. The van der Waals surface area contributed by atoms with Crippen molar-refractivity contribution in [3.63, 3.8) is 0 Å². The van der Waals surface area contributed by atoms with E-state index in [0.717, 1.165) is 58.3 Å². The fraction of sp³-hybridized carbons (Fsp3) is 0.619. The van der Waals surface area contributed by atoms with Crippen LogP contribution in [-0.4, -0.2) is 55.0 Å². The monoisotopic (exact) mass is 357 g/mol. The molecule has 2 heterocycles. The van der Waals surface area contributed by atoms with Crippen LogP contribution in [0.5, 0.6) is 0 Å². The number of hydrogen-bond acceptors (Lipinski definition) is 2. The summed E-state index contributed by atoms with van der Waals surface area (Å²) in [4.78, 5) is 28.2. The van der Waals surface area contributed by atoms with Crippen molar-refractivity contribution in [1.82, 2.24) is 15.1 Å². The van der Waals surface area contributed by atoms with Gasteiger partial charge in [0.25, 0.3) is 0 Å². The summed E-state index contributed by atoms with van der Waals surface area (Å²) in [6, 6.07) is 10.4. The fourth-order valence-corrected chi connectivity index (χ4v) is 4.38. The number of hydrogen-bond donors (Lipinski definition) is 1. The quantitative estimate of drug-likeness (QED) is 0.881. The predicted molar refractivity (Wildman–Crippen MR) is 103 cm³/mol. The first-order valence-corrected chi connectivity index (χ1v) is 9.95. The molecule has 142 valence electrons. The molecule has 2 fully saturated rings. The second-order valence-electron chi connectivity index (χ2n) is 7.61. The molecule has 1 atom stereocenters. The first kappa shape index (κ1) is 18.7. The lowest BCUT2D eigenvalue weighted by Gasteiger charge is -2.34. The lowest BCUT2D eigenvalue weighted by molar-refractivity contribution is -0.130. The normalized spacial score (nSPS) is 21.0. The highest BCUT2D eigenvalue weighted by Gasteiger charge is 2.34. The number of likely N-dealkylation sites (tertiary alicyclic amines) is 2. The van der Waals surface area contributed by atoms with E-state index in [2.05, 4.69) is 34.5 Å². The topological polar surface area (TPSA) is 52.7 Å². The van der Waals surface area contributed by atoms with Gasteiger partial charge in [-0.1, -0.05) is 30.3 Å². The number of urea groups is 1. The van der Waals surface area contributed by atoms with Crippen molar-refractivity contribution in [1.29, 1.82) is 0 Å². The molecule has 2 aliphatic rings. The molecule has 3 amide bonds. The number of carbonyl (C=O) groups is 2. The molecule has 0 radical (unpaired) electrons. The predicted octanol–water partition coefficient (Wildman–Crippen LogP) is 2.91. The van der Waals surface area contributed by atoms with E-state index in [1.807, 2.05) is 11.0 Å². The van der Waals surface area contributed by atoms with Gasteiger partial charge in [-0.25, -0.2) is 4.79 Å². The van der Waals surface area contributed by atoms with Crippen molar-refractivity contribution < 1.29 is 9.59 Å². The van der Waals surface area contributed by atoms with Gasteiger partial charge in [-0.15, -0.1) is 0 Å². The minimum Gasteiger partial charge on any atom is -0.342 e. The van der Waals surface area contributed by atoms with E-state index in [1.165, 1.54) is 5.56 Å². The van der Waals surface area contributed by atoms with E-state index in [0.29, 0.717) is 24.2 Å². The van der Waals surface area contributed by atoms with E-state index >= 15 is 0 Å². The van der Waals surface area contributed by atoms with Crippen LogP contribution >= 0.6 is 0 Å². The summed E-state index contributed by atoms with van der Waals surface area (Å²) in [5, 5.41) is 2.71. The van der Waals surface area contributed by atoms with Gasteiger partial charge in [-0.3, -0.25) is 4.79 Å². The maximum atomic E-state index is 12.5. The van der Waals surface area contributed by atoms with Gasteiger partial charge < -0.3 is 15.1 Å². The number of piperidine rings is 1. The lowest BCUT2D eigenvalue weighted by atomic mass is 9.84. The number of carbonyl (C=O) groups excluding carboxylic acids is 2. The molecule has 0 saturated carbocycles. The van der Waals surface area contributed by atoms with Gasteiger partial charge in [-0.05, 0) is 49.5 Å². The largest absolute Gasteiger partial charge is 0.342 e. The van der Waals surface area contributed by atoms with Gasteiger partial charge in [0.05, 0.1) is 0 Å². The summed E-state index contributed by atoms with van der Waals surface area (Å²) in [6.07, 6.45) is 5.80. The van der Waals surface area contributed by atoms with Gasteiger partial charge in [0.1, 0.15) is 0 Å². The molecule has 0 aromatic heterocycles. The van der Waals surface area contributed by atoms with E-state index in [1.54, 1.807) is 7.05 Å². The Balaban J connectivity index is 1.38. The Morgan fingerprint density at radius 3 is 2.35 bits per heavy atom. The Bertz CT molecular complexity index is 597. The molecular formula is C21H31N3O2. The summed E-state index contributed by atoms with van der Waals surface area (Å²) in [6.45, 7) is 3.50. The van der Waals surface area contributed by atoms with E-state index in [4.69, 9.17) is 0 Å². The van der Waals surface area contributed by atoms with Crippen LogP contribution in [0.3, 0.4) is 0 Å². The van der Waals surface area contributed by atoms with Crippen LogP contribution in [-0.2, 0) is 11.2 Å². The average Bonchev–Trinajstić information content (AvgIpc) is 3.18. The van der Waals surface area contributed by atoms with Crippen LogP contribution in [0.15, 0.2) is 30.3 Å². The van der Waals surface area contributed by atoms with Crippen LogP contribution in [0.25, 0.3) is 0 Å². The summed E-state index contributed by atoms with van der Waals surface area (Å²) >= 11 is 0. The van der Waals surface area contributed by atoms with Crippen molar-refractivity contribution in [2.45, 2.75) is 38.5 Å². The lowest BCUT2D eigenvalue weighted by Crippen LogP contribution is -2.44. The molecule has 2 aliphatic heterocycles. The van der Waals surface area contributed by atoms with Crippen LogP contribution in [0.2, 0.25) is 0 Å². The highest BCUT2D eigenvalue weighted by molar-refractivity contribution is 5.76. The molecule has 0 spiro atoms. The van der Waals surface area contributed by atoms with Gasteiger partial charge in [0.2, 0.25) is 5.91 Å². The van der Waals surface area contributed by atoms with E-state index in [-0.39, 0.29) is 6.03 Å². The zero-order chi connectivity index (χ0) is 18.4. The molecule has 1 N–H and O–H groups in total. The van der Waals surface area contributed by atoms with Crippen molar-refractivity contribution in [3.05, 3.63) is 35.9 Å². The third-order valence-electron chi connectivity index (χ3n) is 5.98. The van der Waals surface area contributed by atoms with E-state index < -0.39 is 0 Å². The first-order chi connectivity index (χ1) is 12.7. The highest BCUT2D eigenvalue weighted by Crippen LogP contribution is 2.32. The molecule has 0 bridgehead atoms. The fourth-order valence-electron chi connectivity index (χ4n) is 4.38. The highest BCUT2D eigenvalue weighted by atomic mass is 16.2. The Labute approximate surface area is 156 Å². The Hall–Kier alpha value is -2.04. The van der Waals surface area contributed by atoms with Crippen LogP contribution in [0.1, 0.15) is 37.7 Å². The molecule has 26 heavy (non-hydrogen) atoms. The first-order valence-electron chi connectivity index (χ1n) is 9.95. The second-order valence-corrected chi connectivity index (χ2v) is 7.61. The van der Waals surface area contributed by atoms with Crippen LogP contribution < -0.4 is 5.32 Å². The van der Waals surface area contributed by atoms with Crippen LogP contribution in [0.4, 0.5) is 4.79 Å². The standard InChI is InChI=1S/C21H31N3O2/c1-22-21(26)23-13-10-18(11-14-23)19-12-15-24(16-19)20(25)9-5-8-17-6-3-2-4-7-17/h2-4,6-7,18-19H,5,8-16H2,1H3,(H,22,26). The summed E-state index contributed by atoms with van der Waals surface area (Å²) in [5.41, 5.74) is 1.31. The zero-order valence-electron chi connectivity index (χ0n) is 15.8. The average molecular weight is 357 g/mol. The number of nitrogens with one attached hydrogen (secondary N) is 1. The molecule has 1 aromatic carbocycles. The third-order valence-corrected chi connectivity index (χ3v) is 5.98. The minimum absolute atomic E-state index is 0.0325. The Morgan fingerprint density at radius 2 is 1.65 bits per heavy atom. The van der Waals surface area contributed by atoms with Gasteiger partial charge in [0.15, 0.2) is 0 Å². The van der Waals surface area contributed by atoms with Gasteiger partial charge in [-0.2, -0.15) is 0 Å². The summed E-state index contributed by atoms with van der Waals surface area (Å²) in [7, 11) is 1.69. The van der Waals surface area contributed by atoms with Crippen molar-refractivity contribution in [2.24, 2.45) is 11.8 Å². The maximum Gasteiger partial charge on any atom is 0.317 e. The summed E-state index contributed by atoms with van der Waals surface area (Å²) < 4.78 is 0. The molecule has 0 aliphatic carbocycles. The maximum absolute atomic E-state index is 12.5. The molecule has 2 saturated heterocycles. The third kappa shape index (κ3) is 4.77. The molecular weight excluding hydrogens is 326 g/mol. The number of benzene rings is 1. The number of amides is 3. The summed E-state index contributed by atoms with van der Waals surface area (Å²) in [5.74, 6) is 1.57. The van der Waals surface area contributed by atoms with Crippen molar-refractivity contribution in [3.8, 4) is 0 Å². The van der Waals surface area contributed by atoms with Crippen LogP contribution in [0, 0.1) is 11.8 Å². The molecule has 5 heteroatoms. The smallest absolute Gasteiger partial charge is 0.317 e. The van der Waals surface area contributed by atoms with Gasteiger partial charge >= 0.3 is 6.03 Å². The molecule has 3 rings (SSSR count). The minimum atomic E-state index is 0.0325. The second kappa shape index (κ2) is 9.06. The number of rotatable bonds is 5. The van der Waals surface area contributed by atoms with E-state index in [9.17, 15) is 9.59 Å². The van der Waals surface area contributed by atoms with Crippen molar-refractivity contribution in [2.75, 3.05) is 33.2 Å². The molecule has 1 aromatic rings. The van der Waals surface area contributed by atoms with Crippen molar-refractivity contribution >= 4 is 11.9 Å². The SMILES string of the molecule is CNC(=O)N1CCC(C2CCN(C(=O)CCCc3ccccc3)C2)CC1.